The van der Waals surface area contributed by atoms with Gasteiger partial charge in [0.1, 0.15) is 17.0 Å². The van der Waals surface area contributed by atoms with Crippen LogP contribution in [0.5, 0.6) is 5.88 Å². The van der Waals surface area contributed by atoms with E-state index in [4.69, 9.17) is 10.5 Å². The second-order valence-corrected chi connectivity index (χ2v) is 4.47. The second-order valence-electron chi connectivity index (χ2n) is 3.39. The van der Waals surface area contributed by atoms with Crippen LogP contribution < -0.4 is 10.5 Å². The number of hydrogen-bond acceptors (Lipinski definition) is 5. The molecule has 90 valence electrons. The number of nitrogens with two attached hydrogens (primary N) is 1. The van der Waals surface area contributed by atoms with E-state index >= 15 is 0 Å². The van der Waals surface area contributed by atoms with Crippen molar-refractivity contribution in [1.82, 2.24) is 9.97 Å². The Balaban J connectivity index is 2.55. The zero-order valence-electron chi connectivity index (χ0n) is 9.90. The van der Waals surface area contributed by atoms with Crippen LogP contribution in [0, 0.1) is 0 Å². The number of unbranched alkanes of at least 4 members (excludes halogenated alkanes) is 2. The van der Waals surface area contributed by atoms with Gasteiger partial charge < -0.3 is 10.5 Å². The van der Waals surface area contributed by atoms with Crippen molar-refractivity contribution in [3.63, 3.8) is 0 Å². The van der Waals surface area contributed by atoms with Gasteiger partial charge in [0, 0.05) is 0 Å². The zero-order valence-corrected chi connectivity index (χ0v) is 10.7. The van der Waals surface area contributed by atoms with Gasteiger partial charge in [-0.15, -0.1) is 11.8 Å². The number of rotatable bonds is 7. The molecule has 0 aliphatic rings. The molecule has 0 unspecified atom stereocenters. The molecule has 0 aliphatic heterocycles. The van der Waals surface area contributed by atoms with Gasteiger partial charge >= 0.3 is 0 Å². The van der Waals surface area contributed by atoms with Crippen molar-refractivity contribution in [2.24, 2.45) is 0 Å². The van der Waals surface area contributed by atoms with Crippen LogP contribution in [-0.2, 0) is 0 Å². The third-order valence-corrected chi connectivity index (χ3v) is 3.17. The molecule has 0 saturated carbocycles. The van der Waals surface area contributed by atoms with E-state index in [-0.39, 0.29) is 0 Å². The highest BCUT2D eigenvalue weighted by Crippen LogP contribution is 2.29. The minimum absolute atomic E-state index is 0.496. The van der Waals surface area contributed by atoms with E-state index in [1.54, 1.807) is 11.8 Å². The lowest BCUT2D eigenvalue weighted by Gasteiger charge is -2.08. The number of thioether (sulfide) groups is 1. The normalized spacial score (nSPS) is 10.4. The molecule has 4 nitrogen and oxygen atoms in total. The van der Waals surface area contributed by atoms with Gasteiger partial charge in [-0.3, -0.25) is 0 Å². The summed E-state index contributed by atoms with van der Waals surface area (Å²) in [5, 5.41) is 0.828. The predicted octanol–water partition coefficient (Wildman–Crippen LogP) is 2.74. The van der Waals surface area contributed by atoms with Crippen LogP contribution in [0.15, 0.2) is 11.4 Å². The number of aromatic nitrogens is 2. The minimum Gasteiger partial charge on any atom is -0.476 e. The summed E-state index contributed by atoms with van der Waals surface area (Å²) in [7, 11) is 0. The molecule has 16 heavy (non-hydrogen) atoms. The molecule has 0 saturated heterocycles. The highest BCUT2D eigenvalue weighted by Gasteiger charge is 2.08. The molecule has 1 heterocycles. The number of ether oxygens (including phenoxy) is 1. The zero-order chi connectivity index (χ0) is 11.8. The van der Waals surface area contributed by atoms with E-state index in [1.165, 1.54) is 25.6 Å². The van der Waals surface area contributed by atoms with Gasteiger partial charge in [-0.25, -0.2) is 4.98 Å². The van der Waals surface area contributed by atoms with Gasteiger partial charge in [0.2, 0.25) is 5.88 Å². The van der Waals surface area contributed by atoms with E-state index in [1.807, 2.05) is 6.92 Å². The maximum Gasteiger partial charge on any atom is 0.241 e. The quantitative estimate of drug-likeness (QED) is 0.452. The van der Waals surface area contributed by atoms with Crippen LogP contribution in [0.2, 0.25) is 0 Å². The highest BCUT2D eigenvalue weighted by molar-refractivity contribution is 7.99. The SMILES string of the molecule is CCCCCSc1ncnc(OCC)c1N. The lowest BCUT2D eigenvalue weighted by molar-refractivity contribution is 0.327. The Morgan fingerprint density at radius 1 is 1.31 bits per heavy atom. The molecule has 5 heteroatoms. The molecule has 1 rings (SSSR count). The smallest absolute Gasteiger partial charge is 0.241 e. The molecule has 0 radical (unpaired) electrons. The highest BCUT2D eigenvalue weighted by atomic mass is 32.2. The first-order chi connectivity index (χ1) is 7.79. The van der Waals surface area contributed by atoms with Crippen LogP contribution in [-0.4, -0.2) is 22.3 Å². The summed E-state index contributed by atoms with van der Waals surface area (Å²) in [6, 6.07) is 0. The van der Waals surface area contributed by atoms with E-state index in [0.717, 1.165) is 10.8 Å². The van der Waals surface area contributed by atoms with E-state index in [2.05, 4.69) is 16.9 Å². The summed E-state index contributed by atoms with van der Waals surface area (Å²) in [6.45, 7) is 4.67. The van der Waals surface area contributed by atoms with Crippen LogP contribution in [0.25, 0.3) is 0 Å². The summed E-state index contributed by atoms with van der Waals surface area (Å²) in [6.07, 6.45) is 5.17. The number of nitrogen functional groups attached to an aromatic ring is 1. The fourth-order valence-corrected chi connectivity index (χ4v) is 2.16. The minimum atomic E-state index is 0.496. The van der Waals surface area contributed by atoms with Crippen LogP contribution in [0.1, 0.15) is 33.1 Å². The Hall–Kier alpha value is -0.970. The Morgan fingerprint density at radius 3 is 2.81 bits per heavy atom. The van der Waals surface area contributed by atoms with Crippen molar-refractivity contribution in [2.75, 3.05) is 18.1 Å². The Kier molecular flexibility index (Phi) is 6.00. The van der Waals surface area contributed by atoms with Crippen molar-refractivity contribution in [3.05, 3.63) is 6.33 Å². The lowest BCUT2D eigenvalue weighted by atomic mass is 10.3. The summed E-state index contributed by atoms with van der Waals surface area (Å²) >= 11 is 1.67. The second kappa shape index (κ2) is 7.33. The average Bonchev–Trinajstić information content (AvgIpc) is 2.29. The van der Waals surface area contributed by atoms with Gasteiger partial charge in [-0.1, -0.05) is 19.8 Å². The molecule has 0 spiro atoms. The van der Waals surface area contributed by atoms with E-state index in [0.29, 0.717) is 18.2 Å². The van der Waals surface area contributed by atoms with Gasteiger partial charge in [0.15, 0.2) is 0 Å². The first kappa shape index (κ1) is 13.1. The fraction of sp³-hybridized carbons (Fsp3) is 0.636. The summed E-state index contributed by atoms with van der Waals surface area (Å²) in [5.41, 5.74) is 6.47. The lowest BCUT2D eigenvalue weighted by Crippen LogP contribution is -2.02. The van der Waals surface area contributed by atoms with Gasteiger partial charge in [0.25, 0.3) is 0 Å². The predicted molar refractivity (Wildman–Crippen MR) is 67.9 cm³/mol. The van der Waals surface area contributed by atoms with Gasteiger partial charge in [-0.2, -0.15) is 4.98 Å². The monoisotopic (exact) mass is 241 g/mol. The third-order valence-electron chi connectivity index (χ3n) is 2.08. The van der Waals surface area contributed by atoms with E-state index in [9.17, 15) is 0 Å². The third kappa shape index (κ3) is 3.89. The topological polar surface area (TPSA) is 61.0 Å². The molecule has 1 aromatic heterocycles. The average molecular weight is 241 g/mol. The molecular weight excluding hydrogens is 222 g/mol. The molecule has 1 aromatic rings. The van der Waals surface area contributed by atoms with Crippen LogP contribution in [0.4, 0.5) is 5.69 Å². The Bertz CT molecular complexity index is 320. The fourth-order valence-electron chi connectivity index (χ4n) is 1.25. The first-order valence-corrected chi connectivity index (χ1v) is 6.64. The van der Waals surface area contributed by atoms with Crippen LogP contribution in [0.3, 0.4) is 0 Å². The largest absolute Gasteiger partial charge is 0.476 e. The van der Waals surface area contributed by atoms with Crippen molar-refractivity contribution in [3.8, 4) is 5.88 Å². The first-order valence-electron chi connectivity index (χ1n) is 5.65. The van der Waals surface area contributed by atoms with Gasteiger partial charge in [-0.05, 0) is 19.1 Å². The maximum atomic E-state index is 5.91. The number of anilines is 1. The molecule has 0 fully saturated rings. The molecule has 2 N–H and O–H groups in total. The molecule has 0 bridgehead atoms. The van der Waals surface area contributed by atoms with Crippen molar-refractivity contribution in [1.29, 1.82) is 0 Å². The Morgan fingerprint density at radius 2 is 2.12 bits per heavy atom. The molecule has 0 amide bonds. The number of nitrogens with zero attached hydrogens (tertiary/aromatic N) is 2. The molecule has 0 aliphatic carbocycles. The summed E-state index contributed by atoms with van der Waals surface area (Å²) in [5.74, 6) is 1.54. The summed E-state index contributed by atoms with van der Waals surface area (Å²) < 4.78 is 5.32. The van der Waals surface area contributed by atoms with Crippen molar-refractivity contribution >= 4 is 17.4 Å². The molecule has 0 aromatic carbocycles. The van der Waals surface area contributed by atoms with Crippen LogP contribution >= 0.6 is 11.8 Å². The van der Waals surface area contributed by atoms with Crippen molar-refractivity contribution in [2.45, 2.75) is 38.1 Å². The molecule has 0 atom stereocenters. The maximum absolute atomic E-state index is 5.91. The number of hydrogen-bond donors (Lipinski definition) is 1. The Labute approximate surface area is 101 Å². The van der Waals surface area contributed by atoms with Gasteiger partial charge in [0.05, 0.1) is 6.61 Å². The van der Waals surface area contributed by atoms with Crippen molar-refractivity contribution < 1.29 is 4.74 Å². The summed E-state index contributed by atoms with van der Waals surface area (Å²) in [4.78, 5) is 8.17. The standard InChI is InChI=1S/C11H19N3OS/c1-3-5-6-7-16-11-9(12)10(15-4-2)13-8-14-11/h8H,3-7,12H2,1-2H3. The van der Waals surface area contributed by atoms with E-state index < -0.39 is 0 Å². The molecular formula is C11H19N3OS.